The average molecular weight is 268 g/mol. The van der Waals surface area contributed by atoms with Gasteiger partial charge in [-0.05, 0) is 50.5 Å². The molecule has 19 heavy (non-hydrogen) atoms. The Labute approximate surface area is 118 Å². The van der Waals surface area contributed by atoms with Crippen molar-refractivity contribution in [1.29, 1.82) is 0 Å². The second-order valence-corrected chi connectivity index (χ2v) is 6.95. The second kappa shape index (κ2) is 7.61. The first-order valence-electron chi connectivity index (χ1n) is 8.31. The lowest BCUT2D eigenvalue weighted by Crippen LogP contribution is -2.48. The molecule has 1 heterocycles. The topological polar surface area (TPSA) is 44.3 Å². The molecule has 3 heteroatoms. The number of nitrogens with one attached hydrogen (secondary N) is 2. The molecule has 3 nitrogen and oxygen atoms in total. The first-order valence-corrected chi connectivity index (χ1v) is 8.31. The van der Waals surface area contributed by atoms with Gasteiger partial charge in [0.2, 0.25) is 0 Å². The summed E-state index contributed by atoms with van der Waals surface area (Å²) in [6.07, 6.45) is 8.79. The maximum Gasteiger partial charge on any atom is 0.0667 e. The first-order chi connectivity index (χ1) is 9.16. The van der Waals surface area contributed by atoms with Crippen molar-refractivity contribution < 1.29 is 5.11 Å². The zero-order valence-electron chi connectivity index (χ0n) is 12.7. The summed E-state index contributed by atoms with van der Waals surface area (Å²) in [5.74, 6) is 1.36. The number of aliphatic hydroxyl groups excluding tert-OH is 1. The monoisotopic (exact) mass is 268 g/mol. The van der Waals surface area contributed by atoms with Crippen LogP contribution in [0.15, 0.2) is 0 Å². The fraction of sp³-hybridized carbons (Fsp3) is 1.00. The van der Waals surface area contributed by atoms with Gasteiger partial charge in [-0.15, -0.1) is 0 Å². The average Bonchev–Trinajstić information content (AvgIpc) is 2.85. The minimum Gasteiger partial charge on any atom is -0.392 e. The maximum atomic E-state index is 10.00. The lowest BCUT2D eigenvalue weighted by atomic mass is 9.88. The highest BCUT2D eigenvalue weighted by Crippen LogP contribution is 2.31. The molecule has 0 bridgehead atoms. The fourth-order valence-corrected chi connectivity index (χ4v) is 3.88. The van der Waals surface area contributed by atoms with E-state index in [1.807, 2.05) is 0 Å². The van der Waals surface area contributed by atoms with Crippen molar-refractivity contribution in [3.63, 3.8) is 0 Å². The molecule has 0 aromatic carbocycles. The Morgan fingerprint density at radius 2 is 2.00 bits per heavy atom. The molecule has 1 saturated heterocycles. The Kier molecular flexibility index (Phi) is 6.11. The Morgan fingerprint density at radius 3 is 2.68 bits per heavy atom. The van der Waals surface area contributed by atoms with Gasteiger partial charge in [0.15, 0.2) is 0 Å². The normalized spacial score (nSPS) is 33.8. The standard InChI is InChI=1S/C16H32N2O/c1-12(2)10-13(19)11-18-16-8-5-6-14(16)15-7-3-4-9-17-15/h12-19H,3-11H2,1-2H3. The van der Waals surface area contributed by atoms with Gasteiger partial charge in [-0.3, -0.25) is 0 Å². The van der Waals surface area contributed by atoms with Crippen LogP contribution in [0.25, 0.3) is 0 Å². The highest BCUT2D eigenvalue weighted by Gasteiger charge is 2.34. The van der Waals surface area contributed by atoms with Gasteiger partial charge in [-0.25, -0.2) is 0 Å². The molecule has 2 fully saturated rings. The molecular formula is C16H32N2O. The van der Waals surface area contributed by atoms with Gasteiger partial charge < -0.3 is 15.7 Å². The molecule has 0 aromatic heterocycles. The van der Waals surface area contributed by atoms with Crippen molar-refractivity contribution in [2.45, 2.75) is 77.0 Å². The van der Waals surface area contributed by atoms with Crippen molar-refractivity contribution in [3.8, 4) is 0 Å². The van der Waals surface area contributed by atoms with E-state index >= 15 is 0 Å². The van der Waals surface area contributed by atoms with Crippen LogP contribution in [0.5, 0.6) is 0 Å². The van der Waals surface area contributed by atoms with E-state index in [1.165, 1.54) is 45.1 Å². The van der Waals surface area contributed by atoms with Gasteiger partial charge in [0.25, 0.3) is 0 Å². The van der Waals surface area contributed by atoms with Crippen LogP contribution in [0.2, 0.25) is 0 Å². The van der Waals surface area contributed by atoms with Crippen molar-refractivity contribution in [1.82, 2.24) is 10.6 Å². The highest BCUT2D eigenvalue weighted by molar-refractivity contribution is 4.92. The van der Waals surface area contributed by atoms with Crippen LogP contribution >= 0.6 is 0 Å². The van der Waals surface area contributed by atoms with Crippen molar-refractivity contribution in [2.75, 3.05) is 13.1 Å². The van der Waals surface area contributed by atoms with E-state index in [1.54, 1.807) is 0 Å². The largest absolute Gasteiger partial charge is 0.392 e. The van der Waals surface area contributed by atoms with Crippen molar-refractivity contribution in [3.05, 3.63) is 0 Å². The van der Waals surface area contributed by atoms with E-state index in [9.17, 15) is 5.11 Å². The molecule has 0 spiro atoms. The Bertz CT molecular complexity index is 251. The van der Waals surface area contributed by atoms with E-state index in [4.69, 9.17) is 0 Å². The molecular weight excluding hydrogens is 236 g/mol. The lowest BCUT2D eigenvalue weighted by molar-refractivity contribution is 0.136. The third-order valence-corrected chi connectivity index (χ3v) is 4.79. The fourth-order valence-electron chi connectivity index (χ4n) is 3.88. The molecule has 0 aromatic rings. The minimum absolute atomic E-state index is 0.180. The zero-order chi connectivity index (χ0) is 13.7. The van der Waals surface area contributed by atoms with Crippen molar-refractivity contribution in [2.24, 2.45) is 11.8 Å². The lowest BCUT2D eigenvalue weighted by Gasteiger charge is -2.33. The second-order valence-electron chi connectivity index (χ2n) is 6.95. The van der Waals surface area contributed by atoms with Crippen LogP contribution in [0.4, 0.5) is 0 Å². The van der Waals surface area contributed by atoms with Crippen LogP contribution in [0.3, 0.4) is 0 Å². The van der Waals surface area contributed by atoms with E-state index in [-0.39, 0.29) is 6.10 Å². The molecule has 2 rings (SSSR count). The zero-order valence-corrected chi connectivity index (χ0v) is 12.7. The third kappa shape index (κ3) is 4.73. The summed E-state index contributed by atoms with van der Waals surface area (Å²) in [5, 5.41) is 17.4. The SMILES string of the molecule is CC(C)CC(O)CNC1CCCC1C1CCCCN1. The van der Waals surface area contributed by atoms with Crippen LogP contribution in [0.1, 0.15) is 58.8 Å². The molecule has 1 saturated carbocycles. The first kappa shape index (κ1) is 15.3. The van der Waals surface area contributed by atoms with Gasteiger partial charge in [0.1, 0.15) is 0 Å². The summed E-state index contributed by atoms with van der Waals surface area (Å²) in [4.78, 5) is 0. The summed E-state index contributed by atoms with van der Waals surface area (Å²) in [5.41, 5.74) is 0. The number of piperidine rings is 1. The molecule has 0 radical (unpaired) electrons. The Hall–Kier alpha value is -0.120. The number of rotatable bonds is 6. The molecule has 1 aliphatic carbocycles. The van der Waals surface area contributed by atoms with Crippen LogP contribution in [0, 0.1) is 11.8 Å². The van der Waals surface area contributed by atoms with E-state index in [0.717, 1.165) is 24.9 Å². The molecule has 0 amide bonds. The van der Waals surface area contributed by atoms with E-state index in [0.29, 0.717) is 12.0 Å². The number of hydrogen-bond acceptors (Lipinski definition) is 3. The Morgan fingerprint density at radius 1 is 1.16 bits per heavy atom. The Balaban J connectivity index is 1.75. The number of aliphatic hydroxyl groups is 1. The smallest absolute Gasteiger partial charge is 0.0667 e. The third-order valence-electron chi connectivity index (χ3n) is 4.79. The summed E-state index contributed by atoms with van der Waals surface area (Å²) >= 11 is 0. The maximum absolute atomic E-state index is 10.00. The number of hydrogen-bond donors (Lipinski definition) is 3. The summed E-state index contributed by atoms with van der Waals surface area (Å²) < 4.78 is 0. The molecule has 3 N–H and O–H groups in total. The molecule has 4 unspecified atom stereocenters. The van der Waals surface area contributed by atoms with Crippen LogP contribution < -0.4 is 10.6 Å². The quantitative estimate of drug-likeness (QED) is 0.692. The van der Waals surface area contributed by atoms with Gasteiger partial charge >= 0.3 is 0 Å². The van der Waals surface area contributed by atoms with E-state index < -0.39 is 0 Å². The summed E-state index contributed by atoms with van der Waals surface area (Å²) in [7, 11) is 0. The minimum atomic E-state index is -0.180. The van der Waals surface area contributed by atoms with Crippen LogP contribution in [-0.2, 0) is 0 Å². The predicted octanol–water partition coefficient (Wildman–Crippen LogP) is 2.29. The van der Waals surface area contributed by atoms with Crippen LogP contribution in [-0.4, -0.2) is 36.4 Å². The van der Waals surface area contributed by atoms with Gasteiger partial charge in [-0.2, -0.15) is 0 Å². The van der Waals surface area contributed by atoms with Gasteiger partial charge in [-0.1, -0.05) is 26.7 Å². The molecule has 112 valence electrons. The van der Waals surface area contributed by atoms with Gasteiger partial charge in [0, 0.05) is 18.6 Å². The van der Waals surface area contributed by atoms with E-state index in [2.05, 4.69) is 24.5 Å². The highest BCUT2D eigenvalue weighted by atomic mass is 16.3. The van der Waals surface area contributed by atoms with Crippen molar-refractivity contribution >= 4 is 0 Å². The molecule has 2 aliphatic rings. The molecule has 1 aliphatic heterocycles. The molecule has 4 atom stereocenters. The predicted molar refractivity (Wildman–Crippen MR) is 80.2 cm³/mol. The summed E-state index contributed by atoms with van der Waals surface area (Å²) in [6.45, 7) is 6.32. The summed E-state index contributed by atoms with van der Waals surface area (Å²) in [6, 6.07) is 1.34. The van der Waals surface area contributed by atoms with Gasteiger partial charge in [0.05, 0.1) is 6.10 Å².